The van der Waals surface area contributed by atoms with Gasteiger partial charge in [-0.1, -0.05) is 13.3 Å². The maximum atomic E-state index is 12.6. The van der Waals surface area contributed by atoms with Crippen molar-refractivity contribution in [2.45, 2.75) is 81.2 Å². The number of carbonyl (C=O) groups is 2. The lowest BCUT2D eigenvalue weighted by Gasteiger charge is -2.20. The minimum Gasteiger partial charge on any atom is -0.457 e. The summed E-state index contributed by atoms with van der Waals surface area (Å²) >= 11 is 1.89. The first-order chi connectivity index (χ1) is 16.0. The Balaban J connectivity index is 1.15. The van der Waals surface area contributed by atoms with Crippen LogP contribution in [0.3, 0.4) is 0 Å². The molecule has 5 heterocycles. The van der Waals surface area contributed by atoms with Crippen LogP contribution in [0.5, 0.6) is 0 Å². The molecule has 33 heavy (non-hydrogen) atoms. The number of fused-ring (bicyclic) bond motifs is 2. The van der Waals surface area contributed by atoms with E-state index in [9.17, 15) is 9.59 Å². The molecule has 3 aliphatic rings. The quantitative estimate of drug-likeness (QED) is 0.295. The van der Waals surface area contributed by atoms with E-state index in [2.05, 4.69) is 25.6 Å². The molecule has 0 bridgehead atoms. The van der Waals surface area contributed by atoms with E-state index < -0.39 is 12.3 Å². The number of anilines is 1. The molecule has 12 heteroatoms. The third-order valence-electron chi connectivity index (χ3n) is 6.60. The van der Waals surface area contributed by atoms with E-state index in [0.29, 0.717) is 35.1 Å². The minimum atomic E-state index is -0.497. The number of unbranched alkanes of at least 4 members (excludes halogenated alkanes) is 1. The molecule has 2 aromatic rings. The molecular formula is C21H29N7O4S. The van der Waals surface area contributed by atoms with Gasteiger partial charge in [-0.2, -0.15) is 11.8 Å². The van der Waals surface area contributed by atoms with Gasteiger partial charge in [0.2, 0.25) is 0 Å². The van der Waals surface area contributed by atoms with Crippen molar-refractivity contribution >= 4 is 40.7 Å². The van der Waals surface area contributed by atoms with Gasteiger partial charge in [0.15, 0.2) is 17.7 Å². The second-order valence-electron chi connectivity index (χ2n) is 8.77. The Labute approximate surface area is 195 Å². The minimum absolute atomic E-state index is 0.00740. The predicted octanol–water partition coefficient (Wildman–Crippen LogP) is 1.74. The van der Waals surface area contributed by atoms with Crippen LogP contribution in [0, 0.1) is 0 Å². The fourth-order valence-electron chi connectivity index (χ4n) is 4.87. The number of rotatable bonds is 8. The van der Waals surface area contributed by atoms with Gasteiger partial charge in [-0.3, -0.25) is 9.36 Å². The second-order valence-corrected chi connectivity index (χ2v) is 10.0. The molecule has 0 radical (unpaired) electrons. The van der Waals surface area contributed by atoms with Gasteiger partial charge in [0.05, 0.1) is 24.5 Å². The molecule has 0 saturated carbocycles. The Morgan fingerprint density at radius 2 is 2.21 bits per heavy atom. The number of nitrogens with zero attached hydrogens (tertiary/aromatic N) is 4. The molecule has 11 nitrogen and oxygen atoms in total. The number of esters is 1. The Bertz CT molecular complexity index is 1030. The fourth-order valence-corrected chi connectivity index (χ4v) is 6.42. The van der Waals surface area contributed by atoms with Gasteiger partial charge in [0.1, 0.15) is 17.9 Å². The van der Waals surface area contributed by atoms with Crippen molar-refractivity contribution in [1.82, 2.24) is 30.2 Å². The van der Waals surface area contributed by atoms with E-state index in [4.69, 9.17) is 15.2 Å². The van der Waals surface area contributed by atoms with Crippen LogP contribution in [0.2, 0.25) is 0 Å². The van der Waals surface area contributed by atoms with E-state index in [-0.39, 0.29) is 30.2 Å². The van der Waals surface area contributed by atoms with Gasteiger partial charge < -0.3 is 25.8 Å². The number of hydrogen-bond donors (Lipinski definition) is 3. The lowest BCUT2D eigenvalue weighted by Crippen LogP contribution is -2.36. The number of thioether (sulfide) groups is 1. The zero-order chi connectivity index (χ0) is 22.9. The van der Waals surface area contributed by atoms with E-state index in [0.717, 1.165) is 31.4 Å². The summed E-state index contributed by atoms with van der Waals surface area (Å²) in [6.45, 7) is 2.05. The number of ether oxygens (including phenoxy) is 2. The molecule has 5 rings (SSSR count). The monoisotopic (exact) mass is 475 g/mol. The zero-order valence-electron chi connectivity index (χ0n) is 18.5. The van der Waals surface area contributed by atoms with Crippen molar-refractivity contribution < 1.29 is 19.1 Å². The van der Waals surface area contributed by atoms with Crippen LogP contribution in [-0.4, -0.2) is 66.8 Å². The molecule has 178 valence electrons. The number of amides is 2. The first-order valence-electron chi connectivity index (χ1n) is 11.5. The Hall–Kier alpha value is -2.60. The van der Waals surface area contributed by atoms with Gasteiger partial charge >= 0.3 is 12.0 Å². The van der Waals surface area contributed by atoms with Crippen LogP contribution in [0.1, 0.15) is 51.7 Å². The molecule has 3 saturated heterocycles. The molecule has 3 aliphatic heterocycles. The Morgan fingerprint density at radius 3 is 3.06 bits per heavy atom. The van der Waals surface area contributed by atoms with Crippen molar-refractivity contribution in [2.24, 2.45) is 0 Å². The summed E-state index contributed by atoms with van der Waals surface area (Å²) < 4.78 is 13.8. The van der Waals surface area contributed by atoms with Crippen molar-refractivity contribution in [3.05, 3.63) is 12.7 Å². The molecule has 4 N–H and O–H groups in total. The van der Waals surface area contributed by atoms with E-state index >= 15 is 0 Å². The first kappa shape index (κ1) is 22.2. The molecule has 2 amide bonds. The van der Waals surface area contributed by atoms with Crippen LogP contribution in [0.25, 0.3) is 11.2 Å². The normalized spacial score (nSPS) is 30.9. The van der Waals surface area contributed by atoms with Gasteiger partial charge in [0, 0.05) is 23.8 Å². The van der Waals surface area contributed by atoms with Crippen molar-refractivity contribution in [3.63, 3.8) is 0 Å². The third-order valence-corrected chi connectivity index (χ3v) is 8.11. The highest BCUT2D eigenvalue weighted by molar-refractivity contribution is 8.00. The summed E-state index contributed by atoms with van der Waals surface area (Å²) in [5.41, 5.74) is 6.97. The van der Waals surface area contributed by atoms with E-state index in [1.165, 1.54) is 6.33 Å². The van der Waals surface area contributed by atoms with Crippen molar-refractivity contribution in [1.29, 1.82) is 0 Å². The highest BCUT2D eigenvalue weighted by Crippen LogP contribution is 2.36. The van der Waals surface area contributed by atoms with E-state index in [1.807, 2.05) is 18.7 Å². The van der Waals surface area contributed by atoms with Gasteiger partial charge in [0.25, 0.3) is 0 Å². The lowest BCUT2D eigenvalue weighted by atomic mass is 10.0. The predicted molar refractivity (Wildman–Crippen MR) is 122 cm³/mol. The second kappa shape index (κ2) is 9.34. The summed E-state index contributed by atoms with van der Waals surface area (Å²) in [5, 5.41) is 6.36. The summed E-state index contributed by atoms with van der Waals surface area (Å²) in [6, 6.07) is 0.347. The topological polar surface area (TPSA) is 146 Å². The van der Waals surface area contributed by atoms with Crippen LogP contribution in [0.15, 0.2) is 12.7 Å². The molecule has 0 aromatic carbocycles. The number of aromatic nitrogens is 4. The molecule has 1 unspecified atom stereocenters. The molecule has 0 aliphatic carbocycles. The van der Waals surface area contributed by atoms with Gasteiger partial charge in [-0.05, 0) is 19.3 Å². The molecule has 6 atom stereocenters. The smallest absolute Gasteiger partial charge is 0.315 e. The standard InChI is InChI=1S/C21H29N7O4S/c1-2-11-7-13(20(31-11)28-10-25-17-18(22)23-9-24-19(17)28)32-15(29)6-4-3-5-14-16-12(8-33-14)26-21(30)27-16/h9-14,16,20H,2-8H2,1H3,(H2,22,23,24)(H2,26,27,30)/t11-,12+,13?,14+,16+,20-/m1/s1. The number of nitrogen functional groups attached to an aromatic ring is 1. The van der Waals surface area contributed by atoms with Gasteiger partial charge in [-0.15, -0.1) is 0 Å². The summed E-state index contributed by atoms with van der Waals surface area (Å²) in [6.07, 6.45) is 6.52. The van der Waals surface area contributed by atoms with E-state index in [1.54, 1.807) is 10.9 Å². The molecule has 2 aromatic heterocycles. The highest BCUT2D eigenvalue weighted by Gasteiger charge is 2.43. The number of hydrogen-bond acceptors (Lipinski definition) is 9. The van der Waals surface area contributed by atoms with Crippen LogP contribution >= 0.6 is 11.8 Å². The van der Waals surface area contributed by atoms with Crippen molar-refractivity contribution in [3.8, 4) is 0 Å². The van der Waals surface area contributed by atoms with Crippen LogP contribution < -0.4 is 16.4 Å². The molecular weight excluding hydrogens is 446 g/mol. The average Bonchev–Trinajstić information content (AvgIpc) is 3.55. The zero-order valence-corrected chi connectivity index (χ0v) is 19.3. The maximum Gasteiger partial charge on any atom is 0.315 e. The number of nitrogens with two attached hydrogens (primary N) is 1. The Kier molecular flexibility index (Phi) is 6.28. The SMILES string of the molecule is CC[C@@H]1CC(OC(=O)CCCC[C@@H]2SC[C@@H]3NC(=O)N[C@@H]32)[C@H](n2cnc3c(N)ncnc32)O1. The number of imidazole rings is 1. The summed E-state index contributed by atoms with van der Waals surface area (Å²) in [7, 11) is 0. The molecule has 3 fully saturated rings. The van der Waals surface area contributed by atoms with Gasteiger partial charge in [-0.25, -0.2) is 19.7 Å². The van der Waals surface area contributed by atoms with Crippen LogP contribution in [0.4, 0.5) is 10.6 Å². The largest absolute Gasteiger partial charge is 0.457 e. The molecule has 0 spiro atoms. The Morgan fingerprint density at radius 1 is 1.33 bits per heavy atom. The van der Waals surface area contributed by atoms with Crippen LogP contribution in [-0.2, 0) is 14.3 Å². The lowest BCUT2D eigenvalue weighted by molar-refractivity contribution is -0.155. The number of urea groups is 1. The first-order valence-corrected chi connectivity index (χ1v) is 12.5. The summed E-state index contributed by atoms with van der Waals surface area (Å²) in [4.78, 5) is 36.7. The highest BCUT2D eigenvalue weighted by atomic mass is 32.2. The summed E-state index contributed by atoms with van der Waals surface area (Å²) in [5.74, 6) is 1.02. The fraction of sp³-hybridized carbons (Fsp3) is 0.667. The number of carbonyl (C=O) groups excluding carboxylic acids is 2. The average molecular weight is 476 g/mol. The maximum absolute atomic E-state index is 12.6. The van der Waals surface area contributed by atoms with Crippen molar-refractivity contribution in [2.75, 3.05) is 11.5 Å². The number of nitrogens with one attached hydrogen (secondary N) is 2. The third kappa shape index (κ3) is 4.45.